The molecule has 0 atom stereocenters. The molecule has 1 aromatic carbocycles. The first-order valence-corrected chi connectivity index (χ1v) is 6.74. The molecule has 0 saturated carbocycles. The Morgan fingerprint density at radius 3 is 2.75 bits per heavy atom. The smallest absolute Gasteiger partial charge is 0.224 e. The Kier molecular flexibility index (Phi) is 4.81. The maximum atomic E-state index is 11.8. The van der Waals surface area contributed by atoms with Crippen molar-refractivity contribution in [2.24, 2.45) is 0 Å². The number of nitrogens with one attached hydrogen (secondary N) is 1. The lowest BCUT2D eigenvalue weighted by Gasteiger charge is -2.08. The minimum absolute atomic E-state index is 0.0137. The average molecular weight is 273 g/mol. The highest BCUT2D eigenvalue weighted by atomic mass is 16.1. The fourth-order valence-corrected chi connectivity index (χ4v) is 1.94. The first-order valence-electron chi connectivity index (χ1n) is 6.74. The van der Waals surface area contributed by atoms with Crippen LogP contribution in [0.25, 0.3) is 0 Å². The minimum Gasteiger partial charge on any atom is -0.355 e. The molecule has 106 valence electrons. The Labute approximate surface area is 118 Å². The molecule has 0 aliphatic rings. The van der Waals surface area contributed by atoms with Crippen LogP contribution in [0.3, 0.4) is 0 Å². The van der Waals surface area contributed by atoms with Crippen LogP contribution in [0.4, 0.5) is 0 Å². The predicted octanol–water partition coefficient (Wildman–Crippen LogP) is 1.16. The van der Waals surface area contributed by atoms with E-state index in [1.54, 1.807) is 4.68 Å². The van der Waals surface area contributed by atoms with Crippen LogP contribution in [-0.4, -0.2) is 32.7 Å². The van der Waals surface area contributed by atoms with Crippen LogP contribution in [0.1, 0.15) is 31.3 Å². The van der Waals surface area contributed by atoms with Crippen molar-refractivity contribution >= 4 is 5.91 Å². The normalized spacial score (nSPS) is 10.8. The third-order valence-electron chi connectivity index (χ3n) is 2.93. The molecule has 0 aliphatic carbocycles. The summed E-state index contributed by atoms with van der Waals surface area (Å²) < 4.78 is 1.77. The third kappa shape index (κ3) is 3.88. The number of benzene rings is 1. The second-order valence-electron chi connectivity index (χ2n) is 4.90. The molecule has 2 aromatic rings. The van der Waals surface area contributed by atoms with Crippen molar-refractivity contribution in [1.82, 2.24) is 25.5 Å². The Morgan fingerprint density at radius 1 is 1.30 bits per heavy atom. The topological polar surface area (TPSA) is 72.7 Å². The Hall–Kier alpha value is -2.24. The summed E-state index contributed by atoms with van der Waals surface area (Å²) in [6.45, 7) is 4.58. The van der Waals surface area contributed by atoms with Gasteiger partial charge in [-0.3, -0.25) is 4.79 Å². The number of nitrogens with zero attached hydrogens (tertiary/aromatic N) is 4. The first-order chi connectivity index (χ1) is 9.66. The molecule has 1 heterocycles. The van der Waals surface area contributed by atoms with Crippen molar-refractivity contribution < 1.29 is 4.79 Å². The zero-order chi connectivity index (χ0) is 14.4. The van der Waals surface area contributed by atoms with Crippen molar-refractivity contribution in [2.75, 3.05) is 6.54 Å². The zero-order valence-electron chi connectivity index (χ0n) is 11.8. The fourth-order valence-electron chi connectivity index (χ4n) is 1.94. The molecule has 6 nitrogen and oxygen atoms in total. The van der Waals surface area contributed by atoms with Crippen LogP contribution in [0.5, 0.6) is 0 Å². The molecule has 0 saturated heterocycles. The van der Waals surface area contributed by atoms with E-state index < -0.39 is 0 Å². The van der Waals surface area contributed by atoms with E-state index in [1.165, 1.54) is 0 Å². The van der Waals surface area contributed by atoms with Gasteiger partial charge in [0, 0.05) is 13.0 Å². The van der Waals surface area contributed by atoms with Gasteiger partial charge in [-0.2, -0.15) is 0 Å². The van der Waals surface area contributed by atoms with Crippen molar-refractivity contribution in [3.8, 4) is 0 Å². The molecule has 0 bridgehead atoms. The van der Waals surface area contributed by atoms with Crippen LogP contribution in [0, 0.1) is 0 Å². The van der Waals surface area contributed by atoms with Gasteiger partial charge < -0.3 is 5.32 Å². The van der Waals surface area contributed by atoms with Crippen molar-refractivity contribution in [3.63, 3.8) is 0 Å². The van der Waals surface area contributed by atoms with Crippen molar-refractivity contribution in [2.45, 2.75) is 32.7 Å². The van der Waals surface area contributed by atoms with Gasteiger partial charge in [-0.25, -0.2) is 4.68 Å². The van der Waals surface area contributed by atoms with Crippen LogP contribution in [-0.2, 0) is 17.6 Å². The van der Waals surface area contributed by atoms with Gasteiger partial charge in [0.2, 0.25) is 5.91 Å². The number of rotatable bonds is 6. The van der Waals surface area contributed by atoms with E-state index in [0.29, 0.717) is 19.4 Å². The molecular formula is C14H19N5O. The molecule has 1 aromatic heterocycles. The summed E-state index contributed by atoms with van der Waals surface area (Å²) in [7, 11) is 0. The molecule has 1 N–H and O–H groups in total. The Balaban J connectivity index is 1.78. The fraction of sp³-hybridized carbons (Fsp3) is 0.429. The van der Waals surface area contributed by atoms with Gasteiger partial charge in [0.25, 0.3) is 0 Å². The molecule has 20 heavy (non-hydrogen) atoms. The average Bonchev–Trinajstić information content (AvgIpc) is 2.88. The molecular weight excluding hydrogens is 254 g/mol. The predicted molar refractivity (Wildman–Crippen MR) is 75.1 cm³/mol. The number of amides is 1. The quantitative estimate of drug-likeness (QED) is 0.857. The first kappa shape index (κ1) is 14.2. The maximum Gasteiger partial charge on any atom is 0.224 e. The molecule has 6 heteroatoms. The lowest BCUT2D eigenvalue weighted by Crippen LogP contribution is -2.28. The second kappa shape index (κ2) is 6.79. The highest BCUT2D eigenvalue weighted by molar-refractivity contribution is 5.78. The summed E-state index contributed by atoms with van der Waals surface area (Å²) in [4.78, 5) is 11.8. The van der Waals surface area contributed by atoms with Gasteiger partial charge in [0.15, 0.2) is 5.82 Å². The van der Waals surface area contributed by atoms with Crippen LogP contribution in [0.2, 0.25) is 0 Å². The highest BCUT2D eigenvalue weighted by Crippen LogP contribution is 2.04. The van der Waals surface area contributed by atoms with Gasteiger partial charge in [-0.1, -0.05) is 30.3 Å². The van der Waals surface area contributed by atoms with Gasteiger partial charge in [0.1, 0.15) is 0 Å². The summed E-state index contributed by atoms with van der Waals surface area (Å²) in [5, 5.41) is 14.4. The summed E-state index contributed by atoms with van der Waals surface area (Å²) in [5.41, 5.74) is 1.01. The Bertz CT molecular complexity index is 550. The zero-order valence-corrected chi connectivity index (χ0v) is 11.8. The van der Waals surface area contributed by atoms with E-state index >= 15 is 0 Å². The van der Waals surface area contributed by atoms with Gasteiger partial charge in [0.05, 0.1) is 12.5 Å². The van der Waals surface area contributed by atoms with Crippen LogP contribution in [0.15, 0.2) is 30.3 Å². The van der Waals surface area contributed by atoms with Crippen LogP contribution >= 0.6 is 0 Å². The molecule has 0 unspecified atom stereocenters. The monoisotopic (exact) mass is 273 g/mol. The number of aromatic nitrogens is 4. The van der Waals surface area contributed by atoms with E-state index in [1.807, 2.05) is 44.2 Å². The third-order valence-corrected chi connectivity index (χ3v) is 2.93. The summed E-state index contributed by atoms with van der Waals surface area (Å²) in [6, 6.07) is 9.91. The van der Waals surface area contributed by atoms with Crippen molar-refractivity contribution in [3.05, 3.63) is 41.7 Å². The minimum atomic E-state index is 0.0137. The largest absolute Gasteiger partial charge is 0.355 e. The van der Waals surface area contributed by atoms with Gasteiger partial charge in [-0.05, 0) is 29.8 Å². The standard InChI is InChI=1S/C14H19N5O/c1-11(2)19-13(16-17-18-19)8-9-15-14(20)10-12-6-4-3-5-7-12/h3-7,11H,8-10H2,1-2H3,(H,15,20). The van der Waals surface area contributed by atoms with E-state index in [-0.39, 0.29) is 11.9 Å². The summed E-state index contributed by atoms with van der Waals surface area (Å²) >= 11 is 0. The number of hydrogen-bond acceptors (Lipinski definition) is 4. The van der Waals surface area contributed by atoms with E-state index in [2.05, 4.69) is 20.8 Å². The SMILES string of the molecule is CC(C)n1nnnc1CCNC(=O)Cc1ccccc1. The number of tetrazole rings is 1. The lowest BCUT2D eigenvalue weighted by molar-refractivity contribution is -0.120. The van der Waals surface area contributed by atoms with E-state index in [9.17, 15) is 4.79 Å². The van der Waals surface area contributed by atoms with Crippen molar-refractivity contribution in [1.29, 1.82) is 0 Å². The summed E-state index contributed by atoms with van der Waals surface area (Å²) in [6.07, 6.45) is 1.03. The van der Waals surface area contributed by atoms with Gasteiger partial charge in [-0.15, -0.1) is 5.10 Å². The van der Waals surface area contributed by atoms with Gasteiger partial charge >= 0.3 is 0 Å². The molecule has 0 radical (unpaired) electrons. The second-order valence-corrected chi connectivity index (χ2v) is 4.90. The highest BCUT2D eigenvalue weighted by Gasteiger charge is 2.09. The molecule has 2 rings (SSSR count). The van der Waals surface area contributed by atoms with E-state index in [0.717, 1.165) is 11.4 Å². The Morgan fingerprint density at radius 2 is 2.05 bits per heavy atom. The number of carbonyl (C=O) groups excluding carboxylic acids is 1. The van der Waals surface area contributed by atoms with Crippen LogP contribution < -0.4 is 5.32 Å². The molecule has 0 fully saturated rings. The molecule has 0 aliphatic heterocycles. The molecule has 1 amide bonds. The summed E-state index contributed by atoms with van der Waals surface area (Å²) in [5.74, 6) is 0.805. The number of carbonyl (C=O) groups is 1. The number of hydrogen-bond donors (Lipinski definition) is 1. The van der Waals surface area contributed by atoms with E-state index in [4.69, 9.17) is 0 Å². The lowest BCUT2D eigenvalue weighted by atomic mass is 10.1. The maximum absolute atomic E-state index is 11.8. The molecule has 0 spiro atoms.